The fourth-order valence-corrected chi connectivity index (χ4v) is 2.47. The van der Waals surface area contributed by atoms with Gasteiger partial charge in [-0.3, -0.25) is 14.9 Å². The monoisotopic (exact) mass is 418 g/mol. The fraction of sp³-hybridized carbons (Fsp3) is 0.235. The summed E-state index contributed by atoms with van der Waals surface area (Å²) in [7, 11) is 1.35. The Labute approximate surface area is 162 Å². The molecule has 0 aromatic heterocycles. The van der Waals surface area contributed by atoms with Gasteiger partial charge in [0.05, 0.1) is 22.1 Å². The SMILES string of the molecule is CN(CCO)C(=O)c1cc(Oc2ccc(C(F)(F)F)cc2Cl)ccc1[N+](=O)[O-]. The number of carbonyl (C=O) groups excluding carboxylic acids is 1. The molecule has 0 heterocycles. The number of nitro benzene ring substituents is 1. The lowest BCUT2D eigenvalue weighted by molar-refractivity contribution is -0.385. The third-order valence-corrected chi connectivity index (χ3v) is 3.96. The smallest absolute Gasteiger partial charge is 0.416 e. The molecule has 0 saturated heterocycles. The highest BCUT2D eigenvalue weighted by Gasteiger charge is 2.31. The van der Waals surface area contributed by atoms with E-state index in [4.69, 9.17) is 21.4 Å². The molecule has 0 bridgehead atoms. The van der Waals surface area contributed by atoms with Crippen LogP contribution in [-0.4, -0.2) is 41.0 Å². The Kier molecular flexibility index (Phi) is 6.47. The predicted octanol–water partition coefficient (Wildman–Crippen LogP) is 4.12. The van der Waals surface area contributed by atoms with Gasteiger partial charge in [-0.05, 0) is 24.3 Å². The van der Waals surface area contributed by atoms with E-state index in [9.17, 15) is 28.1 Å². The van der Waals surface area contributed by atoms with Crippen molar-refractivity contribution >= 4 is 23.2 Å². The van der Waals surface area contributed by atoms with Crippen LogP contribution in [0.5, 0.6) is 11.5 Å². The third-order valence-electron chi connectivity index (χ3n) is 3.66. The first-order chi connectivity index (χ1) is 13.0. The summed E-state index contributed by atoms with van der Waals surface area (Å²) in [5.74, 6) is -0.886. The van der Waals surface area contributed by atoms with Crippen molar-refractivity contribution in [1.29, 1.82) is 0 Å². The highest BCUT2D eigenvalue weighted by Crippen LogP contribution is 2.37. The second-order valence-corrected chi connectivity index (χ2v) is 6.04. The number of likely N-dealkylation sites (N-methyl/N-ethyl adjacent to an activating group) is 1. The average molecular weight is 419 g/mol. The zero-order valence-corrected chi connectivity index (χ0v) is 15.1. The summed E-state index contributed by atoms with van der Waals surface area (Å²) in [6.45, 7) is -0.390. The van der Waals surface area contributed by atoms with Gasteiger partial charge in [-0.25, -0.2) is 0 Å². The number of nitrogens with zero attached hydrogens (tertiary/aromatic N) is 2. The molecule has 0 fully saturated rings. The minimum atomic E-state index is -4.58. The topological polar surface area (TPSA) is 92.9 Å². The number of alkyl halides is 3. The summed E-state index contributed by atoms with van der Waals surface area (Å²) in [6.07, 6.45) is -4.58. The van der Waals surface area contributed by atoms with Crippen molar-refractivity contribution in [3.63, 3.8) is 0 Å². The van der Waals surface area contributed by atoms with Crippen molar-refractivity contribution in [3.8, 4) is 11.5 Å². The van der Waals surface area contributed by atoms with Gasteiger partial charge in [0.2, 0.25) is 0 Å². The minimum absolute atomic E-state index is 0.0343. The summed E-state index contributed by atoms with van der Waals surface area (Å²) < 4.78 is 43.5. The number of halogens is 4. The van der Waals surface area contributed by atoms with Crippen molar-refractivity contribution in [1.82, 2.24) is 4.90 Å². The average Bonchev–Trinajstić information content (AvgIpc) is 2.61. The molecule has 0 aliphatic heterocycles. The molecule has 0 atom stereocenters. The Hall–Kier alpha value is -2.85. The molecule has 0 aliphatic rings. The molecule has 2 rings (SSSR count). The molecule has 1 amide bonds. The van der Waals surface area contributed by atoms with E-state index in [1.165, 1.54) is 13.1 Å². The van der Waals surface area contributed by atoms with E-state index in [1.54, 1.807) is 0 Å². The molecule has 28 heavy (non-hydrogen) atoms. The Morgan fingerprint density at radius 1 is 1.29 bits per heavy atom. The second-order valence-electron chi connectivity index (χ2n) is 5.63. The Bertz CT molecular complexity index is 905. The summed E-state index contributed by atoms with van der Waals surface area (Å²) >= 11 is 5.82. The molecule has 2 aromatic rings. The fourth-order valence-electron chi connectivity index (χ4n) is 2.25. The zero-order valence-electron chi connectivity index (χ0n) is 14.4. The Morgan fingerprint density at radius 2 is 1.96 bits per heavy atom. The van der Waals surface area contributed by atoms with Crippen molar-refractivity contribution in [3.05, 3.63) is 62.7 Å². The Morgan fingerprint density at radius 3 is 2.50 bits per heavy atom. The first-order valence-electron chi connectivity index (χ1n) is 7.74. The molecular formula is C17H14ClF3N2O5. The van der Waals surface area contributed by atoms with Gasteiger partial charge >= 0.3 is 6.18 Å². The van der Waals surface area contributed by atoms with Gasteiger partial charge in [-0.15, -0.1) is 0 Å². The van der Waals surface area contributed by atoms with E-state index in [-0.39, 0.29) is 35.2 Å². The van der Waals surface area contributed by atoms with Crippen LogP contribution in [0.3, 0.4) is 0 Å². The van der Waals surface area contributed by atoms with E-state index in [2.05, 4.69) is 0 Å². The van der Waals surface area contributed by atoms with Crippen LogP contribution < -0.4 is 4.74 Å². The Balaban J connectivity index is 2.38. The summed E-state index contributed by atoms with van der Waals surface area (Å²) in [5.41, 5.74) is -1.75. The number of benzene rings is 2. The number of ether oxygens (including phenoxy) is 1. The van der Waals surface area contributed by atoms with E-state index >= 15 is 0 Å². The molecule has 150 valence electrons. The highest BCUT2D eigenvalue weighted by atomic mass is 35.5. The van der Waals surface area contributed by atoms with Crippen LogP contribution in [0, 0.1) is 10.1 Å². The van der Waals surface area contributed by atoms with Gasteiger partial charge in [-0.1, -0.05) is 11.6 Å². The molecule has 2 aromatic carbocycles. The van der Waals surface area contributed by atoms with Crippen molar-refractivity contribution in [2.24, 2.45) is 0 Å². The summed E-state index contributed by atoms with van der Waals surface area (Å²) in [4.78, 5) is 23.9. The van der Waals surface area contributed by atoms with Crippen LogP contribution in [0.2, 0.25) is 5.02 Å². The summed E-state index contributed by atoms with van der Waals surface area (Å²) in [6, 6.07) is 5.77. The number of rotatable bonds is 6. The predicted molar refractivity (Wildman–Crippen MR) is 93.7 cm³/mol. The number of aliphatic hydroxyl groups excluding tert-OH is 1. The van der Waals surface area contributed by atoms with Crippen LogP contribution in [0.4, 0.5) is 18.9 Å². The third kappa shape index (κ3) is 4.90. The maximum Gasteiger partial charge on any atom is 0.416 e. The number of hydrogen-bond donors (Lipinski definition) is 1. The molecule has 7 nitrogen and oxygen atoms in total. The first-order valence-corrected chi connectivity index (χ1v) is 8.11. The molecule has 0 unspecified atom stereocenters. The van der Waals surface area contributed by atoms with Gasteiger partial charge in [0, 0.05) is 25.7 Å². The molecule has 0 saturated carbocycles. The van der Waals surface area contributed by atoms with Gasteiger partial charge in [0.25, 0.3) is 11.6 Å². The zero-order chi connectivity index (χ0) is 21.1. The van der Waals surface area contributed by atoms with E-state index < -0.39 is 28.3 Å². The molecule has 0 aliphatic carbocycles. The van der Waals surface area contributed by atoms with Gasteiger partial charge in [0.1, 0.15) is 17.1 Å². The maximum atomic E-state index is 12.7. The number of carbonyl (C=O) groups is 1. The number of aliphatic hydroxyl groups is 1. The van der Waals surface area contributed by atoms with E-state index in [0.717, 1.165) is 29.2 Å². The van der Waals surface area contributed by atoms with Gasteiger partial charge in [-0.2, -0.15) is 13.2 Å². The number of amides is 1. The highest BCUT2D eigenvalue weighted by molar-refractivity contribution is 6.32. The van der Waals surface area contributed by atoms with E-state index in [1.807, 2.05) is 0 Å². The lowest BCUT2D eigenvalue weighted by Gasteiger charge is -2.16. The minimum Gasteiger partial charge on any atom is -0.456 e. The van der Waals surface area contributed by atoms with Crippen molar-refractivity contribution < 1.29 is 32.7 Å². The van der Waals surface area contributed by atoms with Crippen LogP contribution in [0.1, 0.15) is 15.9 Å². The van der Waals surface area contributed by atoms with Crippen LogP contribution >= 0.6 is 11.6 Å². The molecular weight excluding hydrogens is 405 g/mol. The number of hydrogen-bond acceptors (Lipinski definition) is 5. The quantitative estimate of drug-likeness (QED) is 0.562. The summed E-state index contributed by atoms with van der Waals surface area (Å²) in [5, 5.41) is 19.8. The van der Waals surface area contributed by atoms with Gasteiger partial charge < -0.3 is 14.7 Å². The van der Waals surface area contributed by atoms with Crippen LogP contribution in [0.15, 0.2) is 36.4 Å². The molecule has 11 heteroatoms. The molecule has 0 radical (unpaired) electrons. The second kappa shape index (κ2) is 8.44. The van der Waals surface area contributed by atoms with E-state index in [0.29, 0.717) is 6.07 Å². The lowest BCUT2D eigenvalue weighted by Crippen LogP contribution is -2.30. The largest absolute Gasteiger partial charge is 0.456 e. The lowest BCUT2D eigenvalue weighted by atomic mass is 10.1. The normalized spacial score (nSPS) is 11.2. The number of nitro groups is 1. The van der Waals surface area contributed by atoms with Crippen molar-refractivity contribution in [2.75, 3.05) is 20.2 Å². The van der Waals surface area contributed by atoms with Crippen molar-refractivity contribution in [2.45, 2.75) is 6.18 Å². The van der Waals surface area contributed by atoms with Crippen LogP contribution in [-0.2, 0) is 6.18 Å². The molecule has 0 spiro atoms. The van der Waals surface area contributed by atoms with Crippen LogP contribution in [0.25, 0.3) is 0 Å². The first kappa shape index (κ1) is 21.5. The molecule has 1 N–H and O–H groups in total. The standard InChI is InChI=1S/C17H14ClF3N2O5/c1-22(6-7-24)16(25)12-9-11(3-4-14(12)23(26)27)28-15-5-2-10(8-13(15)18)17(19,20)21/h2-5,8-9,24H,6-7H2,1H3. The van der Waals surface area contributed by atoms with Gasteiger partial charge in [0.15, 0.2) is 0 Å². The maximum absolute atomic E-state index is 12.7.